The van der Waals surface area contributed by atoms with Gasteiger partial charge in [0, 0.05) is 12.2 Å². The van der Waals surface area contributed by atoms with Gasteiger partial charge in [-0.1, -0.05) is 32.8 Å². The Hall–Kier alpha value is -1.91. The minimum absolute atomic E-state index is 0.159. The van der Waals surface area contributed by atoms with Gasteiger partial charge in [0.15, 0.2) is 6.10 Å². The fourth-order valence-electron chi connectivity index (χ4n) is 2.84. The van der Waals surface area contributed by atoms with Crippen molar-refractivity contribution < 1.29 is 14.3 Å². The zero-order valence-corrected chi connectivity index (χ0v) is 13.4. The van der Waals surface area contributed by atoms with Gasteiger partial charge in [-0.3, -0.25) is 4.79 Å². The summed E-state index contributed by atoms with van der Waals surface area (Å²) in [6.45, 7) is 5.97. The lowest BCUT2D eigenvalue weighted by atomic mass is 9.78. The molecule has 4 atom stereocenters. The summed E-state index contributed by atoms with van der Waals surface area (Å²) < 4.78 is 5.19. The fourth-order valence-corrected chi connectivity index (χ4v) is 2.84. The van der Waals surface area contributed by atoms with Crippen LogP contribution < -0.4 is 5.32 Å². The molecule has 0 unspecified atom stereocenters. The third-order valence-electron chi connectivity index (χ3n) is 4.56. The molecule has 0 bridgehead atoms. The first-order valence-corrected chi connectivity index (χ1v) is 7.91. The van der Waals surface area contributed by atoms with E-state index in [0.717, 1.165) is 12.8 Å². The molecule has 1 fully saturated rings. The van der Waals surface area contributed by atoms with Crippen LogP contribution in [0.1, 0.15) is 50.5 Å². The molecule has 120 valence electrons. The molecule has 5 nitrogen and oxygen atoms in total. The summed E-state index contributed by atoms with van der Waals surface area (Å²) in [5, 5.41) is 3.02. The Balaban J connectivity index is 1.88. The van der Waals surface area contributed by atoms with Crippen LogP contribution in [-0.4, -0.2) is 29.0 Å². The van der Waals surface area contributed by atoms with Gasteiger partial charge in [-0.2, -0.15) is 0 Å². The second-order valence-electron chi connectivity index (χ2n) is 6.14. The van der Waals surface area contributed by atoms with Crippen molar-refractivity contribution in [1.29, 1.82) is 0 Å². The third-order valence-corrected chi connectivity index (χ3v) is 4.56. The average molecular weight is 304 g/mol. The minimum atomic E-state index is -0.820. The number of esters is 1. The van der Waals surface area contributed by atoms with E-state index >= 15 is 0 Å². The molecule has 22 heavy (non-hydrogen) atoms. The monoisotopic (exact) mass is 304 g/mol. The summed E-state index contributed by atoms with van der Waals surface area (Å²) in [6.07, 6.45) is 4.01. The van der Waals surface area contributed by atoms with E-state index in [1.165, 1.54) is 12.6 Å². The van der Waals surface area contributed by atoms with Crippen molar-refractivity contribution in [1.82, 2.24) is 10.3 Å². The van der Waals surface area contributed by atoms with Gasteiger partial charge in [-0.25, -0.2) is 9.78 Å². The molecule has 0 saturated heterocycles. The zero-order chi connectivity index (χ0) is 16.1. The van der Waals surface area contributed by atoms with E-state index in [2.05, 4.69) is 24.1 Å². The molecule has 1 aromatic rings. The molecule has 1 saturated carbocycles. The Morgan fingerprint density at radius 3 is 2.77 bits per heavy atom. The molecule has 5 heteroatoms. The Morgan fingerprint density at radius 2 is 2.09 bits per heavy atom. The van der Waals surface area contributed by atoms with Gasteiger partial charge in [-0.05, 0) is 37.3 Å². The Labute approximate surface area is 131 Å². The number of rotatable bonds is 4. The molecule has 0 aliphatic heterocycles. The van der Waals surface area contributed by atoms with Crippen molar-refractivity contribution >= 4 is 11.9 Å². The fraction of sp³-hybridized carbons (Fsp3) is 0.588. The lowest BCUT2D eigenvalue weighted by molar-refractivity contribution is -0.130. The van der Waals surface area contributed by atoms with Crippen LogP contribution in [0.15, 0.2) is 24.4 Å². The zero-order valence-electron chi connectivity index (χ0n) is 13.4. The normalized spacial score (nSPS) is 26.0. The van der Waals surface area contributed by atoms with Gasteiger partial charge in [0.1, 0.15) is 5.69 Å². The van der Waals surface area contributed by atoms with Crippen molar-refractivity contribution in [2.45, 2.75) is 52.2 Å². The van der Waals surface area contributed by atoms with Crippen LogP contribution in [0.5, 0.6) is 0 Å². The van der Waals surface area contributed by atoms with Crippen LogP contribution in [0.3, 0.4) is 0 Å². The van der Waals surface area contributed by atoms with Crippen molar-refractivity contribution in [2.24, 2.45) is 11.8 Å². The molecule has 0 spiro atoms. The highest BCUT2D eigenvalue weighted by Gasteiger charge is 2.30. The molecular weight excluding hydrogens is 280 g/mol. The SMILES string of the molecule is C[C@@H]1[C@H](C)CCC[C@@H]1NC(=O)[C@@H](C)OC(=O)c1ccccn1. The second kappa shape index (κ2) is 7.38. The van der Waals surface area contributed by atoms with Crippen molar-refractivity contribution in [3.8, 4) is 0 Å². The molecule has 1 aliphatic rings. The van der Waals surface area contributed by atoms with E-state index in [-0.39, 0.29) is 17.6 Å². The van der Waals surface area contributed by atoms with Gasteiger partial charge in [-0.15, -0.1) is 0 Å². The number of hydrogen-bond donors (Lipinski definition) is 1. The van der Waals surface area contributed by atoms with Gasteiger partial charge in [0.05, 0.1) is 0 Å². The Bertz CT molecular complexity index is 518. The number of aromatic nitrogens is 1. The molecule has 1 amide bonds. The third kappa shape index (κ3) is 4.06. The summed E-state index contributed by atoms with van der Waals surface area (Å²) >= 11 is 0. The van der Waals surface area contributed by atoms with E-state index in [0.29, 0.717) is 11.8 Å². The number of nitrogens with zero attached hydrogens (tertiary/aromatic N) is 1. The van der Waals surface area contributed by atoms with Crippen LogP contribution >= 0.6 is 0 Å². The largest absolute Gasteiger partial charge is 0.448 e. The van der Waals surface area contributed by atoms with Gasteiger partial charge < -0.3 is 10.1 Å². The molecule has 1 aliphatic carbocycles. The minimum Gasteiger partial charge on any atom is -0.448 e. The van der Waals surface area contributed by atoms with Gasteiger partial charge in [0.2, 0.25) is 0 Å². The standard InChI is InChI=1S/C17H24N2O3/c1-11-7-6-9-14(12(11)2)19-16(20)13(3)22-17(21)15-8-4-5-10-18-15/h4-5,8,10-14H,6-7,9H2,1-3H3,(H,19,20)/t11-,12-,13-,14+/m1/s1. The lowest BCUT2D eigenvalue weighted by Crippen LogP contribution is -2.47. The summed E-state index contributed by atoms with van der Waals surface area (Å²) in [5.74, 6) is 0.227. The Kier molecular flexibility index (Phi) is 5.52. The van der Waals surface area contributed by atoms with Crippen molar-refractivity contribution in [2.75, 3.05) is 0 Å². The number of ether oxygens (including phenoxy) is 1. The summed E-state index contributed by atoms with van der Waals surface area (Å²) in [4.78, 5) is 28.0. The van der Waals surface area contributed by atoms with Crippen LogP contribution in [0.25, 0.3) is 0 Å². The molecule has 1 aromatic heterocycles. The van der Waals surface area contributed by atoms with E-state index in [1.807, 2.05) is 0 Å². The Morgan fingerprint density at radius 1 is 1.32 bits per heavy atom. The molecule has 0 radical (unpaired) electrons. The van der Waals surface area contributed by atoms with Crippen molar-refractivity contribution in [3.05, 3.63) is 30.1 Å². The predicted octanol–water partition coefficient (Wildman–Crippen LogP) is 2.57. The van der Waals surface area contributed by atoms with E-state index in [4.69, 9.17) is 4.74 Å². The van der Waals surface area contributed by atoms with Crippen LogP contribution in [0, 0.1) is 11.8 Å². The van der Waals surface area contributed by atoms with Crippen molar-refractivity contribution in [3.63, 3.8) is 0 Å². The van der Waals surface area contributed by atoms with Crippen LogP contribution in [0.4, 0.5) is 0 Å². The van der Waals surface area contributed by atoms with E-state index < -0.39 is 12.1 Å². The maximum absolute atomic E-state index is 12.2. The molecule has 2 rings (SSSR count). The first-order chi connectivity index (χ1) is 10.5. The predicted molar refractivity (Wildman–Crippen MR) is 83.2 cm³/mol. The molecule has 1 heterocycles. The average Bonchev–Trinajstić information content (AvgIpc) is 2.52. The summed E-state index contributed by atoms with van der Waals surface area (Å²) in [5.41, 5.74) is 0.210. The molecular formula is C17H24N2O3. The first-order valence-electron chi connectivity index (χ1n) is 7.91. The number of amides is 1. The number of pyridine rings is 1. The highest BCUT2D eigenvalue weighted by molar-refractivity contribution is 5.90. The second-order valence-corrected chi connectivity index (χ2v) is 6.14. The van der Waals surface area contributed by atoms with E-state index in [1.54, 1.807) is 25.1 Å². The lowest BCUT2D eigenvalue weighted by Gasteiger charge is -2.35. The summed E-state index contributed by atoms with van der Waals surface area (Å²) in [7, 11) is 0. The number of carbonyl (C=O) groups excluding carboxylic acids is 2. The first kappa shape index (κ1) is 16.5. The maximum atomic E-state index is 12.2. The number of carbonyl (C=O) groups is 2. The highest BCUT2D eigenvalue weighted by Crippen LogP contribution is 2.29. The molecule has 0 aromatic carbocycles. The van der Waals surface area contributed by atoms with E-state index in [9.17, 15) is 9.59 Å². The topological polar surface area (TPSA) is 68.3 Å². The smallest absolute Gasteiger partial charge is 0.357 e. The number of hydrogen-bond acceptors (Lipinski definition) is 4. The highest BCUT2D eigenvalue weighted by atomic mass is 16.5. The quantitative estimate of drug-likeness (QED) is 0.868. The van der Waals surface area contributed by atoms with Crippen LogP contribution in [0.2, 0.25) is 0 Å². The van der Waals surface area contributed by atoms with Gasteiger partial charge >= 0.3 is 5.97 Å². The summed E-state index contributed by atoms with van der Waals surface area (Å²) in [6, 6.07) is 5.16. The molecule has 1 N–H and O–H groups in total. The van der Waals surface area contributed by atoms with Crippen LogP contribution in [-0.2, 0) is 9.53 Å². The maximum Gasteiger partial charge on any atom is 0.357 e. The van der Waals surface area contributed by atoms with Gasteiger partial charge in [0.25, 0.3) is 5.91 Å². The number of nitrogens with one attached hydrogen (secondary N) is 1.